The molecular formula is C48H62N6O6. The van der Waals surface area contributed by atoms with Crippen molar-refractivity contribution in [2.45, 2.75) is 78.8 Å². The van der Waals surface area contributed by atoms with Crippen molar-refractivity contribution in [3.8, 4) is 23.0 Å². The third kappa shape index (κ3) is 9.73. The van der Waals surface area contributed by atoms with Crippen LogP contribution in [0, 0.1) is 0 Å². The van der Waals surface area contributed by atoms with Gasteiger partial charge in [0.05, 0.1) is 11.1 Å². The highest BCUT2D eigenvalue weighted by molar-refractivity contribution is 5.98. The van der Waals surface area contributed by atoms with Crippen molar-refractivity contribution in [2.24, 2.45) is 0 Å². The number of carbonyl (C=O) groups excluding carboxylic acids is 2. The molecule has 0 aromatic heterocycles. The van der Waals surface area contributed by atoms with Gasteiger partial charge in [-0.05, 0) is 82.6 Å². The summed E-state index contributed by atoms with van der Waals surface area (Å²) in [6.45, 7) is 20.6. The summed E-state index contributed by atoms with van der Waals surface area (Å²) < 4.78 is 0. The maximum absolute atomic E-state index is 13.1. The van der Waals surface area contributed by atoms with Crippen LogP contribution in [0.1, 0.15) is 105 Å². The number of carbonyl (C=O) groups is 2. The van der Waals surface area contributed by atoms with Crippen molar-refractivity contribution in [1.29, 1.82) is 0 Å². The van der Waals surface area contributed by atoms with Crippen molar-refractivity contribution in [2.75, 3.05) is 66.5 Å². The molecular weight excluding hydrogens is 757 g/mol. The van der Waals surface area contributed by atoms with Crippen LogP contribution in [0.2, 0.25) is 0 Å². The molecule has 4 aliphatic rings. The Morgan fingerprint density at radius 3 is 1.18 bits per heavy atom. The second-order valence-corrected chi connectivity index (χ2v) is 17.9. The molecule has 0 saturated carbocycles. The van der Waals surface area contributed by atoms with E-state index in [9.17, 15) is 30.0 Å². The number of aromatic hydroxyl groups is 4. The second-order valence-electron chi connectivity index (χ2n) is 17.9. The van der Waals surface area contributed by atoms with Crippen molar-refractivity contribution in [1.82, 2.24) is 29.4 Å². The number of rotatable bonds is 8. The average molecular weight is 819 g/mol. The first-order chi connectivity index (χ1) is 28.6. The van der Waals surface area contributed by atoms with Crippen LogP contribution in [0.5, 0.6) is 23.0 Å². The maximum atomic E-state index is 13.1. The molecule has 2 amide bonds. The molecule has 0 unspecified atom stereocenters. The Morgan fingerprint density at radius 1 is 0.483 bits per heavy atom. The molecule has 4 aliphatic heterocycles. The number of phenolic OH excluding ortho intramolecular Hbond substituents is 4. The van der Waals surface area contributed by atoms with Crippen LogP contribution >= 0.6 is 0 Å². The number of benzene rings is 4. The zero-order chi connectivity index (χ0) is 42.8. The molecule has 4 N–H and O–H groups in total. The number of nitrogens with zero attached hydrogens (tertiary/aromatic N) is 6. The van der Waals surface area contributed by atoms with Crippen molar-refractivity contribution in [3.05, 3.63) is 116 Å². The maximum Gasteiger partial charge on any atom is 0.258 e. The molecule has 2 saturated heterocycles. The zero-order valence-electron chi connectivity index (χ0n) is 36.1. The Labute approximate surface area is 354 Å². The zero-order valence-corrected chi connectivity index (χ0v) is 36.1. The first-order valence-corrected chi connectivity index (χ1v) is 21.4. The normalized spacial score (nSPS) is 17.5. The molecule has 0 aliphatic carbocycles. The lowest BCUT2D eigenvalue weighted by Crippen LogP contribution is -2.43. The molecule has 0 radical (unpaired) electrons. The predicted octanol–water partition coefficient (Wildman–Crippen LogP) is 6.25. The van der Waals surface area contributed by atoms with Crippen molar-refractivity contribution in [3.63, 3.8) is 0 Å². The lowest BCUT2D eigenvalue weighted by Gasteiger charge is -2.32. The van der Waals surface area contributed by atoms with Crippen LogP contribution in [0.25, 0.3) is 0 Å². The van der Waals surface area contributed by atoms with E-state index in [0.717, 1.165) is 76.6 Å². The molecule has 60 heavy (non-hydrogen) atoms. The quantitative estimate of drug-likeness (QED) is 0.162. The summed E-state index contributed by atoms with van der Waals surface area (Å²) in [4.78, 5) is 39.4. The lowest BCUT2D eigenvalue weighted by atomic mass is 9.98. The molecule has 4 aromatic rings. The predicted molar refractivity (Wildman–Crippen MR) is 233 cm³/mol. The molecule has 12 heteroatoms. The van der Waals surface area contributed by atoms with E-state index >= 15 is 0 Å². The van der Waals surface area contributed by atoms with Gasteiger partial charge in [-0.3, -0.25) is 19.4 Å². The van der Waals surface area contributed by atoms with Gasteiger partial charge in [0.15, 0.2) is 0 Å². The number of phenols is 4. The molecule has 4 aromatic carbocycles. The average Bonchev–Trinajstić information content (AvgIpc) is 3.84. The minimum Gasteiger partial charge on any atom is -0.508 e. The Morgan fingerprint density at radius 2 is 0.833 bits per heavy atom. The van der Waals surface area contributed by atoms with Gasteiger partial charge in [0, 0.05) is 104 Å². The molecule has 0 bridgehead atoms. The molecule has 12 nitrogen and oxygen atoms in total. The van der Waals surface area contributed by atoms with Crippen LogP contribution in [0.3, 0.4) is 0 Å². The Balaban J connectivity index is 0.000000181. The van der Waals surface area contributed by atoms with E-state index in [2.05, 4.69) is 70.1 Å². The molecule has 0 atom stereocenters. The minimum atomic E-state index is -0.203. The minimum absolute atomic E-state index is 0.0253. The van der Waals surface area contributed by atoms with Gasteiger partial charge in [0.1, 0.15) is 23.0 Å². The van der Waals surface area contributed by atoms with Crippen LogP contribution in [0.15, 0.2) is 60.7 Å². The van der Waals surface area contributed by atoms with Crippen LogP contribution < -0.4 is 0 Å². The van der Waals surface area contributed by atoms with Gasteiger partial charge >= 0.3 is 0 Å². The summed E-state index contributed by atoms with van der Waals surface area (Å²) >= 11 is 0. The number of piperazine rings is 2. The Bertz CT molecular complexity index is 2050. The summed E-state index contributed by atoms with van der Waals surface area (Å²) in [5, 5.41) is 40.7. The van der Waals surface area contributed by atoms with E-state index in [-0.39, 0.29) is 57.8 Å². The van der Waals surface area contributed by atoms with Gasteiger partial charge in [-0.2, -0.15) is 0 Å². The number of amides is 2. The van der Waals surface area contributed by atoms with Crippen LogP contribution in [0.4, 0.5) is 0 Å². The van der Waals surface area contributed by atoms with Crippen LogP contribution in [-0.4, -0.2) is 128 Å². The smallest absolute Gasteiger partial charge is 0.258 e. The number of fused-ring (bicyclic) bond motifs is 2. The third-order valence-electron chi connectivity index (χ3n) is 12.6. The van der Waals surface area contributed by atoms with Gasteiger partial charge in [-0.25, -0.2) is 0 Å². The summed E-state index contributed by atoms with van der Waals surface area (Å²) in [7, 11) is 4.32. The summed E-state index contributed by atoms with van der Waals surface area (Å²) in [5.74, 6) is -0.579. The molecule has 4 heterocycles. The Kier molecular flexibility index (Phi) is 13.1. The highest BCUT2D eigenvalue weighted by Crippen LogP contribution is 2.36. The van der Waals surface area contributed by atoms with E-state index in [1.807, 2.05) is 27.7 Å². The summed E-state index contributed by atoms with van der Waals surface area (Å²) in [5.41, 5.74) is 9.08. The first kappa shape index (κ1) is 43.0. The monoisotopic (exact) mass is 818 g/mol. The number of likely N-dealkylation sites (N-methyl/N-ethyl adjacent to an activating group) is 2. The fraction of sp³-hybridized carbons (Fsp3) is 0.458. The Hall–Kier alpha value is -5.14. The van der Waals surface area contributed by atoms with E-state index < -0.39 is 0 Å². The number of hydrogen-bond acceptors (Lipinski definition) is 10. The molecule has 8 rings (SSSR count). The van der Waals surface area contributed by atoms with Gasteiger partial charge in [-0.15, -0.1) is 0 Å². The lowest BCUT2D eigenvalue weighted by molar-refractivity contribution is 0.0740. The van der Waals surface area contributed by atoms with E-state index in [1.165, 1.54) is 34.4 Å². The van der Waals surface area contributed by atoms with Gasteiger partial charge in [0.25, 0.3) is 11.8 Å². The fourth-order valence-corrected chi connectivity index (χ4v) is 8.70. The highest BCUT2D eigenvalue weighted by Gasteiger charge is 2.29. The highest BCUT2D eigenvalue weighted by atomic mass is 16.3. The van der Waals surface area contributed by atoms with E-state index in [1.54, 1.807) is 21.9 Å². The standard InChI is InChI=1S/2C24H31N3O3/c2*1-16(2)20-11-21(23(29)12-22(20)28)24(30)27-14-18-5-4-17(10-19(18)15-27)13-26-8-6-25(3)7-9-26/h2*4-5,10-12,16,28-29H,6-9,13-15H2,1-3H3. The molecule has 0 spiro atoms. The fourth-order valence-electron chi connectivity index (χ4n) is 8.70. The first-order valence-electron chi connectivity index (χ1n) is 21.4. The molecule has 2 fully saturated rings. The van der Waals surface area contributed by atoms with Gasteiger partial charge < -0.3 is 40.0 Å². The number of hydrogen-bond donors (Lipinski definition) is 4. The van der Waals surface area contributed by atoms with Gasteiger partial charge in [0.2, 0.25) is 0 Å². The van der Waals surface area contributed by atoms with Crippen molar-refractivity contribution < 1.29 is 30.0 Å². The SMILES string of the molecule is CC(C)c1cc(C(=O)N2Cc3ccc(CN4CCN(C)CC4)cc3C2)c(O)cc1O.CC(C)c1cc(C(=O)N2Cc3ccc(CN4CCN(C)CC4)cc3C2)c(O)cc1O. The summed E-state index contributed by atoms with van der Waals surface area (Å²) in [6, 6.07) is 18.8. The van der Waals surface area contributed by atoms with Crippen molar-refractivity contribution >= 4 is 11.8 Å². The second kappa shape index (κ2) is 18.2. The van der Waals surface area contributed by atoms with E-state index in [0.29, 0.717) is 37.3 Å². The largest absolute Gasteiger partial charge is 0.508 e. The summed E-state index contributed by atoms with van der Waals surface area (Å²) in [6.07, 6.45) is 0. The van der Waals surface area contributed by atoms with E-state index in [4.69, 9.17) is 0 Å². The van der Waals surface area contributed by atoms with Gasteiger partial charge in [-0.1, -0.05) is 64.1 Å². The topological polar surface area (TPSA) is 134 Å². The third-order valence-corrected chi connectivity index (χ3v) is 12.6. The molecule has 320 valence electrons. The van der Waals surface area contributed by atoms with Crippen LogP contribution in [-0.2, 0) is 39.3 Å².